The van der Waals surface area contributed by atoms with E-state index in [4.69, 9.17) is 4.74 Å². The second kappa shape index (κ2) is 6.76. The fourth-order valence-corrected chi connectivity index (χ4v) is 1.67. The Labute approximate surface area is 106 Å². The van der Waals surface area contributed by atoms with Crippen molar-refractivity contribution in [3.63, 3.8) is 0 Å². The van der Waals surface area contributed by atoms with Crippen LogP contribution in [0.2, 0.25) is 0 Å². The van der Waals surface area contributed by atoms with E-state index in [9.17, 15) is 26.3 Å². The molecular formula is C10H15F6NO2. The number of hydrogen-bond acceptors (Lipinski definition) is 3. The Kier molecular flexibility index (Phi) is 5.87. The van der Waals surface area contributed by atoms with Crippen molar-refractivity contribution in [2.24, 2.45) is 5.92 Å². The van der Waals surface area contributed by atoms with Crippen molar-refractivity contribution in [2.75, 3.05) is 32.9 Å². The summed E-state index contributed by atoms with van der Waals surface area (Å²) >= 11 is 0. The van der Waals surface area contributed by atoms with Gasteiger partial charge in [-0.1, -0.05) is 0 Å². The molecule has 1 atom stereocenters. The quantitative estimate of drug-likeness (QED) is 0.601. The van der Waals surface area contributed by atoms with Crippen LogP contribution in [0.4, 0.5) is 26.3 Å². The van der Waals surface area contributed by atoms with E-state index >= 15 is 0 Å². The zero-order valence-electron chi connectivity index (χ0n) is 9.98. The van der Waals surface area contributed by atoms with E-state index in [1.807, 2.05) is 0 Å². The van der Waals surface area contributed by atoms with Crippen LogP contribution in [0.25, 0.3) is 0 Å². The number of ether oxygens (including phenoxy) is 2. The Morgan fingerprint density at radius 2 is 1.79 bits per heavy atom. The van der Waals surface area contributed by atoms with Gasteiger partial charge in [-0.15, -0.1) is 0 Å². The van der Waals surface area contributed by atoms with Crippen LogP contribution in [-0.4, -0.2) is 51.4 Å². The summed E-state index contributed by atoms with van der Waals surface area (Å²) in [5.74, 6) is 0.251. The molecule has 3 nitrogen and oxygen atoms in total. The highest BCUT2D eigenvalue weighted by Gasteiger charge is 2.57. The van der Waals surface area contributed by atoms with Crippen molar-refractivity contribution in [3.05, 3.63) is 0 Å². The lowest BCUT2D eigenvalue weighted by Gasteiger charge is -2.23. The molecule has 1 unspecified atom stereocenters. The molecule has 0 aliphatic carbocycles. The minimum Gasteiger partial charge on any atom is -0.381 e. The lowest BCUT2D eigenvalue weighted by Crippen LogP contribution is -2.45. The second-order valence-electron chi connectivity index (χ2n) is 4.27. The summed E-state index contributed by atoms with van der Waals surface area (Å²) in [6.07, 6.45) is -13.8. The first-order valence-corrected chi connectivity index (χ1v) is 5.74. The SMILES string of the molecule is FC(F)(F)C(OCCNCC1CCOC1)C(F)(F)F. The lowest BCUT2D eigenvalue weighted by atomic mass is 10.1. The molecule has 0 amide bonds. The Balaban J connectivity index is 2.21. The third-order valence-electron chi connectivity index (χ3n) is 2.61. The zero-order valence-corrected chi connectivity index (χ0v) is 9.98. The smallest absolute Gasteiger partial charge is 0.381 e. The molecule has 1 aliphatic rings. The summed E-state index contributed by atoms with van der Waals surface area (Å²) in [4.78, 5) is 0. The highest BCUT2D eigenvalue weighted by atomic mass is 19.4. The molecule has 0 aromatic heterocycles. The van der Waals surface area contributed by atoms with Crippen molar-refractivity contribution in [2.45, 2.75) is 24.9 Å². The molecule has 1 N–H and O–H groups in total. The summed E-state index contributed by atoms with van der Waals surface area (Å²) in [6, 6.07) is 0. The summed E-state index contributed by atoms with van der Waals surface area (Å²) in [5, 5.41) is 2.75. The van der Waals surface area contributed by atoms with E-state index in [0.29, 0.717) is 19.8 Å². The predicted molar refractivity (Wildman–Crippen MR) is 53.6 cm³/mol. The van der Waals surface area contributed by atoms with Gasteiger partial charge < -0.3 is 14.8 Å². The van der Waals surface area contributed by atoms with Gasteiger partial charge in [0.1, 0.15) is 0 Å². The van der Waals surface area contributed by atoms with E-state index in [1.165, 1.54) is 0 Å². The molecule has 9 heteroatoms. The second-order valence-corrected chi connectivity index (χ2v) is 4.27. The van der Waals surface area contributed by atoms with Crippen molar-refractivity contribution < 1.29 is 35.8 Å². The molecule has 0 saturated carbocycles. The van der Waals surface area contributed by atoms with Gasteiger partial charge in [-0.3, -0.25) is 0 Å². The topological polar surface area (TPSA) is 30.5 Å². The maximum atomic E-state index is 12.1. The number of halogens is 6. The molecule has 114 valence electrons. The maximum absolute atomic E-state index is 12.1. The van der Waals surface area contributed by atoms with Gasteiger partial charge >= 0.3 is 12.4 Å². The zero-order chi connectivity index (χ0) is 14.5. The van der Waals surface area contributed by atoms with Crippen LogP contribution in [0.1, 0.15) is 6.42 Å². The van der Waals surface area contributed by atoms with Gasteiger partial charge in [-0.25, -0.2) is 0 Å². The Morgan fingerprint density at radius 1 is 1.16 bits per heavy atom. The van der Waals surface area contributed by atoms with E-state index in [0.717, 1.165) is 6.42 Å². The fourth-order valence-electron chi connectivity index (χ4n) is 1.67. The molecule has 0 spiro atoms. The third-order valence-corrected chi connectivity index (χ3v) is 2.61. The van der Waals surface area contributed by atoms with Crippen LogP contribution in [-0.2, 0) is 9.47 Å². The molecule has 0 radical (unpaired) electrons. The summed E-state index contributed by atoms with van der Waals surface area (Å²) < 4.78 is 81.5. The van der Waals surface area contributed by atoms with Gasteiger partial charge in [0.15, 0.2) is 0 Å². The maximum Gasteiger partial charge on any atom is 0.423 e. The average molecular weight is 295 g/mol. The van der Waals surface area contributed by atoms with Gasteiger partial charge in [0.05, 0.1) is 13.2 Å². The highest BCUT2D eigenvalue weighted by Crippen LogP contribution is 2.35. The van der Waals surface area contributed by atoms with E-state index in [-0.39, 0.29) is 12.5 Å². The van der Waals surface area contributed by atoms with Gasteiger partial charge in [0.25, 0.3) is 0 Å². The van der Waals surface area contributed by atoms with Crippen LogP contribution in [0.15, 0.2) is 0 Å². The highest BCUT2D eigenvalue weighted by molar-refractivity contribution is 4.76. The standard InChI is InChI=1S/C10H15F6NO2/c11-9(12,13)8(10(14,15)16)19-4-2-17-5-7-1-3-18-6-7/h7-8,17H,1-6H2. The molecular weight excluding hydrogens is 280 g/mol. The predicted octanol–water partition coefficient (Wildman–Crippen LogP) is 2.12. The van der Waals surface area contributed by atoms with Gasteiger partial charge in [0, 0.05) is 19.7 Å². The average Bonchev–Trinajstić information content (AvgIpc) is 2.72. The molecule has 1 fully saturated rings. The van der Waals surface area contributed by atoms with E-state index in [2.05, 4.69) is 10.1 Å². The van der Waals surface area contributed by atoms with Gasteiger partial charge in [0.2, 0.25) is 6.10 Å². The van der Waals surface area contributed by atoms with Crippen LogP contribution in [0.3, 0.4) is 0 Å². The normalized spacial score (nSPS) is 21.3. The monoisotopic (exact) mass is 295 g/mol. The van der Waals surface area contributed by atoms with Crippen molar-refractivity contribution >= 4 is 0 Å². The molecule has 1 heterocycles. The van der Waals surface area contributed by atoms with Crippen LogP contribution >= 0.6 is 0 Å². The van der Waals surface area contributed by atoms with E-state index < -0.39 is 25.1 Å². The molecule has 1 aliphatic heterocycles. The summed E-state index contributed by atoms with van der Waals surface area (Å²) in [6.45, 7) is 0.955. The minimum absolute atomic E-state index is 0.0703. The molecule has 0 aromatic rings. The first-order chi connectivity index (χ1) is 8.71. The van der Waals surface area contributed by atoms with Crippen LogP contribution in [0.5, 0.6) is 0 Å². The Bertz CT molecular complexity index is 248. The first kappa shape index (κ1) is 16.5. The first-order valence-electron chi connectivity index (χ1n) is 5.74. The van der Waals surface area contributed by atoms with Crippen molar-refractivity contribution in [1.29, 1.82) is 0 Å². The van der Waals surface area contributed by atoms with Crippen molar-refractivity contribution in [3.8, 4) is 0 Å². The summed E-state index contributed by atoms with van der Waals surface area (Å²) in [7, 11) is 0. The van der Waals surface area contributed by atoms with Crippen molar-refractivity contribution in [1.82, 2.24) is 5.32 Å². The fraction of sp³-hybridized carbons (Fsp3) is 1.00. The van der Waals surface area contributed by atoms with E-state index in [1.54, 1.807) is 0 Å². The molecule has 1 saturated heterocycles. The van der Waals surface area contributed by atoms with Gasteiger partial charge in [-0.2, -0.15) is 26.3 Å². The molecule has 1 rings (SSSR count). The number of rotatable bonds is 6. The number of hydrogen-bond donors (Lipinski definition) is 1. The number of alkyl halides is 6. The third kappa shape index (κ3) is 5.96. The van der Waals surface area contributed by atoms with Gasteiger partial charge in [-0.05, 0) is 12.3 Å². The molecule has 0 bridgehead atoms. The molecule has 0 aromatic carbocycles. The van der Waals surface area contributed by atoms with Crippen LogP contribution < -0.4 is 5.32 Å². The number of nitrogens with one attached hydrogen (secondary N) is 1. The largest absolute Gasteiger partial charge is 0.423 e. The van der Waals surface area contributed by atoms with Crippen LogP contribution in [0, 0.1) is 5.92 Å². The molecule has 19 heavy (non-hydrogen) atoms. The lowest BCUT2D eigenvalue weighted by molar-refractivity contribution is -0.321. The Hall–Kier alpha value is -0.540. The minimum atomic E-state index is -5.45. The summed E-state index contributed by atoms with van der Waals surface area (Å²) in [5.41, 5.74) is 0. The Morgan fingerprint density at radius 3 is 2.26 bits per heavy atom.